The van der Waals surface area contributed by atoms with E-state index < -0.39 is 53.9 Å². The summed E-state index contributed by atoms with van der Waals surface area (Å²) in [6.45, 7) is 1.91. The molecule has 2 rings (SSSR count). The molecule has 0 aliphatic heterocycles. The number of hydrogen-bond donors (Lipinski definition) is 2. The third-order valence-electron chi connectivity index (χ3n) is 3.40. The Bertz CT molecular complexity index is 993. The molecule has 160 valence electrons. The van der Waals surface area contributed by atoms with E-state index in [0.717, 1.165) is 18.2 Å². The molecule has 0 saturated heterocycles. The van der Waals surface area contributed by atoms with Gasteiger partial charge in [-0.2, -0.15) is 0 Å². The van der Waals surface area contributed by atoms with Gasteiger partial charge in [0.2, 0.25) is 5.75 Å². The Labute approximate surface area is 166 Å². The highest BCUT2D eigenvalue weighted by Gasteiger charge is 2.27. The first-order valence-electron chi connectivity index (χ1n) is 7.84. The van der Waals surface area contributed by atoms with Gasteiger partial charge in [-0.05, 0) is 13.0 Å². The fraction of sp³-hybridized carbons (Fsp3) is 0.200. The van der Waals surface area contributed by atoms with Crippen LogP contribution in [0.15, 0.2) is 30.3 Å². The number of benzene rings is 2. The van der Waals surface area contributed by atoms with Gasteiger partial charge in [-0.1, -0.05) is 6.07 Å². The van der Waals surface area contributed by atoms with Crippen LogP contribution in [-0.2, 0) is 11.3 Å². The van der Waals surface area contributed by atoms with Crippen LogP contribution in [0.5, 0.6) is 11.5 Å². The third-order valence-corrected chi connectivity index (χ3v) is 3.40. The molecule has 0 radical (unpaired) electrons. The van der Waals surface area contributed by atoms with Crippen molar-refractivity contribution in [2.24, 2.45) is 0 Å². The first kappa shape index (κ1) is 23.6. The van der Waals surface area contributed by atoms with Crippen molar-refractivity contribution in [3.63, 3.8) is 0 Å². The van der Waals surface area contributed by atoms with Gasteiger partial charge in [-0.3, -0.25) is 40.5 Å². The molecule has 2 aromatic carbocycles. The second kappa shape index (κ2) is 10.2. The van der Waals surface area contributed by atoms with Crippen LogP contribution in [0.1, 0.15) is 12.5 Å². The van der Waals surface area contributed by atoms with Crippen LogP contribution in [0.4, 0.5) is 22.7 Å². The molecule has 0 unspecified atom stereocenters. The molecule has 15 heteroatoms. The molecule has 0 amide bonds. The Morgan fingerprint density at radius 2 is 1.47 bits per heavy atom. The van der Waals surface area contributed by atoms with E-state index in [1.165, 1.54) is 6.07 Å². The summed E-state index contributed by atoms with van der Waals surface area (Å²) < 4.78 is 4.96. The summed E-state index contributed by atoms with van der Waals surface area (Å²) in [5.41, 5.74) is -2.73. The quantitative estimate of drug-likeness (QED) is 0.483. The van der Waals surface area contributed by atoms with E-state index in [-0.39, 0.29) is 12.2 Å². The molecule has 2 N–H and O–H groups in total. The van der Waals surface area contributed by atoms with Gasteiger partial charge in [-0.25, -0.2) is 0 Å². The summed E-state index contributed by atoms with van der Waals surface area (Å²) in [5, 5.41) is 60.2. The summed E-state index contributed by atoms with van der Waals surface area (Å²) in [7, 11) is 0. The standard InChI is InChI=1S/C9H10N2O6.C6H4N2O5/c1-2-17-5-6-3-7(10(13)14)4-8(9(6)12)11(15)16;9-5-3-1-2-4(7(10)11)6(5)8(12)13/h3-4,12H,2,5H2,1H3;1-3,9H. The molecule has 0 atom stereocenters. The van der Waals surface area contributed by atoms with Crippen molar-refractivity contribution in [3.05, 3.63) is 76.4 Å². The molecule has 2 aromatic rings. The molecule has 0 spiro atoms. The maximum atomic E-state index is 10.6. The minimum Gasteiger partial charge on any atom is -0.502 e. The second-order valence-electron chi connectivity index (χ2n) is 5.28. The predicted octanol–water partition coefficient (Wildman–Crippen LogP) is 2.95. The zero-order valence-electron chi connectivity index (χ0n) is 15.2. The normalized spacial score (nSPS) is 9.90. The van der Waals surface area contributed by atoms with Gasteiger partial charge in [0.1, 0.15) is 0 Å². The van der Waals surface area contributed by atoms with Crippen molar-refractivity contribution in [3.8, 4) is 11.5 Å². The lowest BCUT2D eigenvalue weighted by molar-refractivity contribution is -0.423. The predicted molar refractivity (Wildman–Crippen MR) is 98.2 cm³/mol. The minimum absolute atomic E-state index is 0.0211. The smallest absolute Gasteiger partial charge is 0.387 e. The van der Waals surface area contributed by atoms with E-state index in [2.05, 4.69) is 0 Å². The zero-order chi connectivity index (χ0) is 23.0. The highest BCUT2D eigenvalue weighted by atomic mass is 16.6. The van der Waals surface area contributed by atoms with Crippen molar-refractivity contribution in [1.82, 2.24) is 0 Å². The minimum atomic E-state index is -0.993. The summed E-state index contributed by atoms with van der Waals surface area (Å²) in [4.78, 5) is 38.2. The zero-order valence-corrected chi connectivity index (χ0v) is 15.2. The van der Waals surface area contributed by atoms with Crippen LogP contribution in [0.25, 0.3) is 0 Å². The van der Waals surface area contributed by atoms with E-state index in [1.54, 1.807) is 6.92 Å². The summed E-state index contributed by atoms with van der Waals surface area (Å²) in [5.74, 6) is -1.31. The Morgan fingerprint density at radius 3 is 1.90 bits per heavy atom. The van der Waals surface area contributed by atoms with Crippen molar-refractivity contribution in [2.75, 3.05) is 6.61 Å². The molecule has 0 fully saturated rings. The van der Waals surface area contributed by atoms with E-state index in [0.29, 0.717) is 12.7 Å². The third kappa shape index (κ3) is 5.80. The molecule has 0 aromatic heterocycles. The van der Waals surface area contributed by atoms with Crippen molar-refractivity contribution < 1.29 is 34.6 Å². The Morgan fingerprint density at radius 1 is 0.867 bits per heavy atom. The van der Waals surface area contributed by atoms with E-state index in [1.807, 2.05) is 0 Å². The number of aromatic hydroxyl groups is 2. The SMILES string of the molecule is CCOCc1cc([N+](=O)[O-])cc([N+](=O)[O-])c1O.O=[N+]([O-])c1cccc(O)c1[N+](=O)[O-]. The largest absolute Gasteiger partial charge is 0.502 e. The number of para-hydroxylation sites is 1. The lowest BCUT2D eigenvalue weighted by Crippen LogP contribution is -1.99. The molecule has 0 saturated carbocycles. The fourth-order valence-corrected chi connectivity index (χ4v) is 2.08. The van der Waals surface area contributed by atoms with E-state index in [4.69, 9.17) is 9.84 Å². The van der Waals surface area contributed by atoms with Gasteiger partial charge in [0.25, 0.3) is 5.69 Å². The number of ether oxygens (including phenoxy) is 1. The van der Waals surface area contributed by atoms with Crippen LogP contribution in [0.2, 0.25) is 0 Å². The van der Waals surface area contributed by atoms with E-state index >= 15 is 0 Å². The molecular formula is C15H14N4O11. The summed E-state index contributed by atoms with van der Waals surface area (Å²) >= 11 is 0. The highest BCUT2D eigenvalue weighted by Crippen LogP contribution is 2.35. The molecule has 15 nitrogen and oxygen atoms in total. The average Bonchev–Trinajstić information content (AvgIpc) is 2.66. The number of nitro benzene ring substituents is 4. The fourth-order valence-electron chi connectivity index (χ4n) is 2.08. The maximum Gasteiger partial charge on any atom is 0.387 e. The summed E-state index contributed by atoms with van der Waals surface area (Å²) in [6.07, 6.45) is 0. The second-order valence-corrected chi connectivity index (χ2v) is 5.28. The number of phenolic OH excluding ortho intramolecular Hbond substituents is 2. The Kier molecular flexibility index (Phi) is 8.06. The topological polar surface area (TPSA) is 222 Å². The van der Waals surface area contributed by atoms with Crippen LogP contribution >= 0.6 is 0 Å². The Balaban J connectivity index is 0.000000311. The lowest BCUT2D eigenvalue weighted by atomic mass is 10.1. The molecule has 0 bridgehead atoms. The van der Waals surface area contributed by atoms with Gasteiger partial charge in [0.05, 0.1) is 32.4 Å². The van der Waals surface area contributed by atoms with Crippen LogP contribution < -0.4 is 0 Å². The Hall–Kier alpha value is -4.40. The highest BCUT2D eigenvalue weighted by molar-refractivity contribution is 5.60. The first-order valence-corrected chi connectivity index (χ1v) is 7.84. The number of rotatable bonds is 7. The first-order chi connectivity index (χ1) is 14.0. The number of nitrogens with zero attached hydrogens (tertiary/aromatic N) is 4. The van der Waals surface area contributed by atoms with Gasteiger partial charge in [0.15, 0.2) is 5.75 Å². The molecule has 0 heterocycles. The monoisotopic (exact) mass is 426 g/mol. The van der Waals surface area contributed by atoms with Crippen molar-refractivity contribution in [1.29, 1.82) is 0 Å². The number of non-ortho nitro benzene ring substituents is 1. The van der Waals surface area contributed by atoms with Gasteiger partial charge < -0.3 is 14.9 Å². The van der Waals surface area contributed by atoms with Crippen molar-refractivity contribution in [2.45, 2.75) is 13.5 Å². The van der Waals surface area contributed by atoms with E-state index in [9.17, 15) is 45.6 Å². The average molecular weight is 426 g/mol. The summed E-state index contributed by atoms with van der Waals surface area (Å²) in [6, 6.07) is 4.91. The lowest BCUT2D eigenvalue weighted by Gasteiger charge is -2.05. The van der Waals surface area contributed by atoms with Crippen LogP contribution in [-0.4, -0.2) is 36.5 Å². The molecule has 30 heavy (non-hydrogen) atoms. The molecule has 0 aliphatic rings. The number of phenols is 2. The number of nitro groups is 4. The number of hydrogen-bond acceptors (Lipinski definition) is 11. The van der Waals surface area contributed by atoms with Gasteiger partial charge >= 0.3 is 17.1 Å². The molecule has 0 aliphatic carbocycles. The van der Waals surface area contributed by atoms with Crippen LogP contribution in [0.3, 0.4) is 0 Å². The maximum absolute atomic E-state index is 10.6. The molecular weight excluding hydrogens is 412 g/mol. The van der Waals surface area contributed by atoms with Gasteiger partial charge in [-0.15, -0.1) is 0 Å². The van der Waals surface area contributed by atoms with Crippen LogP contribution in [0, 0.1) is 40.5 Å². The van der Waals surface area contributed by atoms with Gasteiger partial charge in [0, 0.05) is 24.3 Å². The van der Waals surface area contributed by atoms with Crippen molar-refractivity contribution >= 4 is 22.7 Å².